The van der Waals surface area contributed by atoms with E-state index in [-0.39, 0.29) is 6.61 Å². The van der Waals surface area contributed by atoms with Crippen molar-refractivity contribution in [2.24, 2.45) is 0 Å². The second kappa shape index (κ2) is 9.47. The fourth-order valence-electron chi connectivity index (χ4n) is 2.79. The monoisotopic (exact) mass is 414 g/mol. The van der Waals surface area contributed by atoms with Crippen molar-refractivity contribution in [3.8, 4) is 11.5 Å². The summed E-state index contributed by atoms with van der Waals surface area (Å²) < 4.78 is 21.5. The number of benzene rings is 2. The molecule has 29 heavy (non-hydrogen) atoms. The number of carbonyl (C=O) groups excluding carboxylic acids is 1. The molecule has 0 bridgehead atoms. The maximum Gasteiger partial charge on any atom is 0.337 e. The van der Waals surface area contributed by atoms with E-state index < -0.39 is 5.97 Å². The topological polar surface area (TPSA) is 83.7 Å². The van der Waals surface area contributed by atoms with E-state index >= 15 is 0 Å². The molecule has 0 radical (unpaired) electrons. The largest absolute Gasteiger partial charge is 0.496 e. The first-order chi connectivity index (χ1) is 14.0. The van der Waals surface area contributed by atoms with Gasteiger partial charge >= 0.3 is 5.97 Å². The van der Waals surface area contributed by atoms with Crippen LogP contribution in [0.25, 0.3) is 0 Å². The summed E-state index contributed by atoms with van der Waals surface area (Å²) in [6, 6.07) is 11.1. The third-order valence-corrected chi connectivity index (χ3v) is 4.93. The molecule has 0 spiro atoms. The predicted molar refractivity (Wildman–Crippen MR) is 108 cm³/mol. The Hall–Kier alpha value is -3.00. The van der Waals surface area contributed by atoms with Crippen LogP contribution in [0.1, 0.15) is 32.9 Å². The fourth-order valence-corrected chi connectivity index (χ4v) is 3.55. The van der Waals surface area contributed by atoms with Crippen LogP contribution in [0.4, 0.5) is 0 Å². The van der Waals surface area contributed by atoms with Crippen LogP contribution in [0.2, 0.25) is 0 Å². The van der Waals surface area contributed by atoms with Crippen molar-refractivity contribution < 1.29 is 23.4 Å². The summed E-state index contributed by atoms with van der Waals surface area (Å²) in [5.74, 6) is 1.92. The highest BCUT2D eigenvalue weighted by Gasteiger charge is 2.13. The molecule has 0 aliphatic heterocycles. The van der Waals surface area contributed by atoms with Gasteiger partial charge in [0.05, 0.1) is 19.8 Å². The van der Waals surface area contributed by atoms with E-state index in [4.69, 9.17) is 18.6 Å². The molecule has 1 aromatic heterocycles. The van der Waals surface area contributed by atoms with Crippen molar-refractivity contribution in [1.82, 2.24) is 10.2 Å². The minimum absolute atomic E-state index is 0.192. The van der Waals surface area contributed by atoms with Crippen molar-refractivity contribution in [3.05, 3.63) is 64.5 Å². The molecule has 0 saturated heterocycles. The molecule has 0 aliphatic rings. The molecule has 1 heterocycles. The summed E-state index contributed by atoms with van der Waals surface area (Å²) in [7, 11) is 2.93. The summed E-state index contributed by atoms with van der Waals surface area (Å²) >= 11 is 1.35. The van der Waals surface area contributed by atoms with Gasteiger partial charge in [0.25, 0.3) is 11.1 Å². The van der Waals surface area contributed by atoms with Gasteiger partial charge < -0.3 is 18.6 Å². The standard InChI is InChI=1S/C21H22N2O5S/c1-13-7-14(2)9-17(8-13)27-11-19-22-23-21(28-19)29-12-16-10-15(20(24)26-4)5-6-18(16)25-3/h5-10H,11-12H2,1-4H3. The lowest BCUT2D eigenvalue weighted by Crippen LogP contribution is -2.02. The van der Waals surface area contributed by atoms with Crippen LogP contribution in [0.5, 0.6) is 11.5 Å². The normalized spacial score (nSPS) is 10.6. The first kappa shape index (κ1) is 20.7. The summed E-state index contributed by atoms with van der Waals surface area (Å²) in [6.45, 7) is 4.23. The number of esters is 1. The highest BCUT2D eigenvalue weighted by Crippen LogP contribution is 2.28. The second-order valence-electron chi connectivity index (χ2n) is 6.38. The van der Waals surface area contributed by atoms with E-state index in [2.05, 4.69) is 16.3 Å². The number of aromatic nitrogens is 2. The number of methoxy groups -OCH3 is 2. The van der Waals surface area contributed by atoms with Crippen molar-refractivity contribution in [1.29, 1.82) is 0 Å². The molecule has 152 valence electrons. The minimum Gasteiger partial charge on any atom is -0.496 e. The van der Waals surface area contributed by atoms with Crippen LogP contribution < -0.4 is 9.47 Å². The van der Waals surface area contributed by atoms with Crippen LogP contribution in [0.3, 0.4) is 0 Å². The number of nitrogens with zero attached hydrogens (tertiary/aromatic N) is 2. The zero-order valence-electron chi connectivity index (χ0n) is 16.7. The summed E-state index contributed by atoms with van der Waals surface area (Å²) in [5, 5.41) is 8.48. The highest BCUT2D eigenvalue weighted by molar-refractivity contribution is 7.98. The number of thioether (sulfide) groups is 1. The zero-order chi connectivity index (χ0) is 20.8. The molecule has 0 amide bonds. The molecular formula is C21H22N2O5S. The van der Waals surface area contributed by atoms with Gasteiger partial charge in [-0.15, -0.1) is 10.2 Å². The van der Waals surface area contributed by atoms with Gasteiger partial charge in [-0.2, -0.15) is 0 Å². The van der Waals surface area contributed by atoms with Crippen LogP contribution in [0, 0.1) is 13.8 Å². The highest BCUT2D eigenvalue weighted by atomic mass is 32.2. The van der Waals surface area contributed by atoms with Crippen molar-refractivity contribution in [2.75, 3.05) is 14.2 Å². The second-order valence-corrected chi connectivity index (χ2v) is 7.31. The van der Waals surface area contributed by atoms with Gasteiger partial charge in [-0.05, 0) is 55.3 Å². The molecule has 3 rings (SSSR count). The third-order valence-electron chi connectivity index (χ3n) is 4.06. The lowest BCUT2D eigenvalue weighted by molar-refractivity contribution is 0.0600. The summed E-state index contributed by atoms with van der Waals surface area (Å²) in [4.78, 5) is 11.7. The Balaban J connectivity index is 1.62. The number of carbonyl (C=O) groups is 1. The fraction of sp³-hybridized carbons (Fsp3) is 0.286. The van der Waals surface area contributed by atoms with Gasteiger partial charge in [0, 0.05) is 11.3 Å². The zero-order valence-corrected chi connectivity index (χ0v) is 17.5. The summed E-state index contributed by atoms with van der Waals surface area (Å²) in [5.41, 5.74) is 3.54. The van der Waals surface area contributed by atoms with Crippen molar-refractivity contribution in [3.63, 3.8) is 0 Å². The van der Waals surface area contributed by atoms with Gasteiger partial charge in [0.1, 0.15) is 11.5 Å². The number of rotatable bonds is 8. The van der Waals surface area contributed by atoms with E-state index in [1.165, 1.54) is 18.9 Å². The predicted octanol–water partition coefficient (Wildman–Crippen LogP) is 4.35. The third kappa shape index (κ3) is 5.51. The molecule has 3 aromatic rings. The van der Waals surface area contributed by atoms with Crippen LogP contribution in [0.15, 0.2) is 46.0 Å². The van der Waals surface area contributed by atoms with Crippen molar-refractivity contribution in [2.45, 2.75) is 31.4 Å². The van der Waals surface area contributed by atoms with Gasteiger partial charge in [0.2, 0.25) is 0 Å². The van der Waals surface area contributed by atoms with E-state index in [0.717, 1.165) is 22.4 Å². The Morgan fingerprint density at radius 3 is 2.52 bits per heavy atom. The number of aryl methyl sites for hydroxylation is 2. The molecule has 0 unspecified atom stereocenters. The first-order valence-corrected chi connectivity index (χ1v) is 9.88. The Morgan fingerprint density at radius 2 is 1.83 bits per heavy atom. The van der Waals surface area contributed by atoms with Gasteiger partial charge in [-0.3, -0.25) is 0 Å². The summed E-state index contributed by atoms with van der Waals surface area (Å²) in [6.07, 6.45) is 0. The maximum absolute atomic E-state index is 11.7. The van der Waals surface area contributed by atoms with Crippen LogP contribution in [-0.2, 0) is 17.1 Å². The van der Waals surface area contributed by atoms with Gasteiger partial charge in [0.15, 0.2) is 6.61 Å². The smallest absolute Gasteiger partial charge is 0.337 e. The molecule has 2 aromatic carbocycles. The van der Waals surface area contributed by atoms with E-state index in [1.54, 1.807) is 25.3 Å². The quantitative estimate of drug-likeness (QED) is 0.397. The van der Waals surface area contributed by atoms with Gasteiger partial charge in [-0.1, -0.05) is 17.8 Å². The number of hydrogen-bond acceptors (Lipinski definition) is 8. The van der Waals surface area contributed by atoms with E-state index in [0.29, 0.717) is 28.2 Å². The lowest BCUT2D eigenvalue weighted by Gasteiger charge is -2.09. The Kier molecular flexibility index (Phi) is 6.77. The van der Waals surface area contributed by atoms with E-state index in [9.17, 15) is 4.79 Å². The molecular weight excluding hydrogens is 392 g/mol. The van der Waals surface area contributed by atoms with Crippen molar-refractivity contribution >= 4 is 17.7 Å². The molecule has 0 saturated carbocycles. The van der Waals surface area contributed by atoms with Crippen LogP contribution >= 0.6 is 11.8 Å². The SMILES string of the molecule is COC(=O)c1ccc(OC)c(CSc2nnc(COc3cc(C)cc(C)c3)o2)c1. The minimum atomic E-state index is -0.400. The molecule has 0 fully saturated rings. The molecule has 0 atom stereocenters. The molecule has 8 heteroatoms. The molecule has 7 nitrogen and oxygen atoms in total. The molecule has 0 N–H and O–H groups in total. The van der Waals surface area contributed by atoms with Crippen LogP contribution in [-0.4, -0.2) is 30.4 Å². The van der Waals surface area contributed by atoms with E-state index in [1.807, 2.05) is 26.0 Å². The average Bonchev–Trinajstić information content (AvgIpc) is 3.17. The Morgan fingerprint density at radius 1 is 1.07 bits per heavy atom. The number of hydrogen-bond donors (Lipinski definition) is 0. The Labute approximate surface area is 173 Å². The Bertz CT molecular complexity index is 982. The van der Waals surface area contributed by atoms with Gasteiger partial charge in [-0.25, -0.2) is 4.79 Å². The average molecular weight is 414 g/mol. The molecule has 0 aliphatic carbocycles. The first-order valence-electron chi connectivity index (χ1n) is 8.90. The lowest BCUT2D eigenvalue weighted by atomic mass is 10.1. The maximum atomic E-state index is 11.7. The number of ether oxygens (including phenoxy) is 3.